The van der Waals surface area contributed by atoms with Gasteiger partial charge in [0.2, 0.25) is 0 Å². The Morgan fingerprint density at radius 1 is 1.75 bits per heavy atom. The number of aromatic nitrogens is 1. The van der Waals surface area contributed by atoms with Gasteiger partial charge < -0.3 is 11.5 Å². The van der Waals surface area contributed by atoms with Crippen LogP contribution in [0.25, 0.3) is 0 Å². The molecule has 0 radical (unpaired) electrons. The molecule has 0 atom stereocenters. The van der Waals surface area contributed by atoms with Crippen molar-refractivity contribution in [3.8, 4) is 0 Å². The van der Waals surface area contributed by atoms with Crippen LogP contribution < -0.4 is 11.5 Å². The number of primary amides is 1. The number of nitrogens with zero attached hydrogens (tertiary/aromatic N) is 1. The van der Waals surface area contributed by atoms with Gasteiger partial charge >= 0.3 is 0 Å². The number of carbonyl (C=O) groups is 1. The zero-order valence-corrected chi connectivity index (χ0v) is 8.17. The van der Waals surface area contributed by atoms with E-state index >= 15 is 0 Å². The molecule has 1 aromatic heterocycles. The molecule has 66 valence electrons. The Balaban J connectivity index is 2.92. The summed E-state index contributed by atoms with van der Waals surface area (Å²) in [6.45, 7) is 2.01. The number of rotatable bonds is 3. The lowest BCUT2D eigenvalue weighted by Crippen LogP contribution is -2.13. The Morgan fingerprint density at radius 2 is 2.42 bits per heavy atom. The normalized spacial score (nSPS) is 10.1. The van der Waals surface area contributed by atoms with Gasteiger partial charge in [0.25, 0.3) is 5.91 Å². The van der Waals surface area contributed by atoms with Crippen molar-refractivity contribution >= 4 is 34.0 Å². The lowest BCUT2D eigenvalue weighted by Gasteiger charge is -1.87. The predicted octanol–water partition coefficient (Wildman–Crippen LogP) is 0.936. The van der Waals surface area contributed by atoms with Crippen molar-refractivity contribution in [2.75, 3.05) is 11.5 Å². The fraction of sp³-hybridized carbons (Fsp3) is 0.333. The fourth-order valence-electron chi connectivity index (χ4n) is 0.673. The van der Waals surface area contributed by atoms with E-state index in [2.05, 4.69) is 4.98 Å². The maximum absolute atomic E-state index is 10.7. The van der Waals surface area contributed by atoms with Crippen LogP contribution in [0.1, 0.15) is 17.4 Å². The number of anilines is 1. The molecule has 1 rings (SSSR count). The van der Waals surface area contributed by atoms with Crippen LogP contribution in [0.15, 0.2) is 4.34 Å². The third-order valence-corrected chi connectivity index (χ3v) is 3.04. The van der Waals surface area contributed by atoms with Crippen LogP contribution in [0.3, 0.4) is 0 Å². The molecule has 0 unspecified atom stereocenters. The molecule has 0 fully saturated rings. The highest BCUT2D eigenvalue weighted by Crippen LogP contribution is 2.28. The summed E-state index contributed by atoms with van der Waals surface area (Å²) in [5.41, 5.74) is 10.7. The van der Waals surface area contributed by atoms with Crippen molar-refractivity contribution < 1.29 is 4.79 Å². The molecular formula is C6H9N3OS2. The minimum atomic E-state index is -0.563. The quantitative estimate of drug-likeness (QED) is 0.716. The van der Waals surface area contributed by atoms with Crippen LogP contribution in [0.5, 0.6) is 0 Å². The number of thiazole rings is 1. The monoisotopic (exact) mass is 203 g/mol. The molecule has 0 spiro atoms. The lowest BCUT2D eigenvalue weighted by atomic mass is 10.4. The average Bonchev–Trinajstić information content (AvgIpc) is 2.32. The summed E-state index contributed by atoms with van der Waals surface area (Å²) >= 11 is 2.84. The highest BCUT2D eigenvalue weighted by atomic mass is 32.2. The van der Waals surface area contributed by atoms with Crippen molar-refractivity contribution in [1.82, 2.24) is 4.98 Å². The molecule has 12 heavy (non-hydrogen) atoms. The van der Waals surface area contributed by atoms with E-state index in [9.17, 15) is 4.79 Å². The van der Waals surface area contributed by atoms with Gasteiger partial charge in [-0.25, -0.2) is 4.98 Å². The van der Waals surface area contributed by atoms with E-state index in [1.165, 1.54) is 11.3 Å². The molecule has 1 heterocycles. The van der Waals surface area contributed by atoms with E-state index < -0.39 is 5.91 Å². The van der Waals surface area contributed by atoms with Crippen LogP contribution in [-0.4, -0.2) is 16.6 Å². The first-order valence-corrected chi connectivity index (χ1v) is 5.14. The standard InChI is InChI=1S/C6H9N3OS2/c1-2-11-6-9-3(4(7)10)5(8)12-6/h2,8H2,1H3,(H2,7,10). The van der Waals surface area contributed by atoms with Gasteiger partial charge in [0, 0.05) is 0 Å². The number of thioether (sulfide) groups is 1. The second-order valence-electron chi connectivity index (χ2n) is 1.99. The molecule has 0 aliphatic carbocycles. The summed E-state index contributed by atoms with van der Waals surface area (Å²) in [4.78, 5) is 14.7. The Labute approximate surface area is 78.4 Å². The summed E-state index contributed by atoms with van der Waals surface area (Å²) in [5.74, 6) is 0.345. The van der Waals surface area contributed by atoms with Crippen molar-refractivity contribution in [2.24, 2.45) is 5.73 Å². The van der Waals surface area contributed by atoms with Crippen LogP contribution >= 0.6 is 23.1 Å². The number of nitrogens with two attached hydrogens (primary N) is 2. The first-order valence-electron chi connectivity index (χ1n) is 3.34. The number of carbonyl (C=O) groups excluding carboxylic acids is 1. The van der Waals surface area contributed by atoms with E-state index in [1.54, 1.807) is 11.8 Å². The maximum Gasteiger partial charge on any atom is 0.270 e. The Bertz CT molecular complexity index is 297. The predicted molar refractivity (Wildman–Crippen MR) is 51.4 cm³/mol. The van der Waals surface area contributed by atoms with E-state index in [4.69, 9.17) is 11.5 Å². The zero-order valence-electron chi connectivity index (χ0n) is 6.53. The van der Waals surface area contributed by atoms with E-state index in [1.807, 2.05) is 6.92 Å². The minimum absolute atomic E-state index is 0.191. The number of amides is 1. The van der Waals surface area contributed by atoms with Gasteiger partial charge in [0.05, 0.1) is 0 Å². The SMILES string of the molecule is CCSc1nc(C(N)=O)c(N)s1. The van der Waals surface area contributed by atoms with Gasteiger partial charge in [-0.1, -0.05) is 30.0 Å². The molecule has 4 nitrogen and oxygen atoms in total. The molecule has 0 aliphatic heterocycles. The minimum Gasteiger partial charge on any atom is -0.389 e. The van der Waals surface area contributed by atoms with E-state index in [-0.39, 0.29) is 5.69 Å². The summed E-state index contributed by atoms with van der Waals surface area (Å²) in [5, 5.41) is 0.401. The van der Waals surface area contributed by atoms with E-state index in [0.717, 1.165) is 10.1 Å². The summed E-state index contributed by atoms with van der Waals surface area (Å²) in [7, 11) is 0. The van der Waals surface area contributed by atoms with Gasteiger partial charge in [0.15, 0.2) is 10.0 Å². The number of hydrogen-bond donors (Lipinski definition) is 2. The number of hydrogen-bond acceptors (Lipinski definition) is 5. The van der Waals surface area contributed by atoms with Crippen molar-refractivity contribution in [2.45, 2.75) is 11.3 Å². The second kappa shape index (κ2) is 3.77. The first kappa shape index (κ1) is 9.34. The largest absolute Gasteiger partial charge is 0.389 e. The molecule has 1 amide bonds. The molecule has 0 aliphatic rings. The van der Waals surface area contributed by atoms with Gasteiger partial charge in [-0.05, 0) is 5.75 Å². The van der Waals surface area contributed by atoms with Crippen LogP contribution in [0.2, 0.25) is 0 Å². The highest BCUT2D eigenvalue weighted by Gasteiger charge is 2.12. The molecule has 0 bridgehead atoms. The topological polar surface area (TPSA) is 82.0 Å². The summed E-state index contributed by atoms with van der Waals surface area (Å²) in [6.07, 6.45) is 0. The van der Waals surface area contributed by atoms with Gasteiger partial charge in [-0.2, -0.15) is 0 Å². The smallest absolute Gasteiger partial charge is 0.270 e. The van der Waals surface area contributed by atoms with Crippen LogP contribution in [0, 0.1) is 0 Å². The van der Waals surface area contributed by atoms with Crippen LogP contribution in [-0.2, 0) is 0 Å². The lowest BCUT2D eigenvalue weighted by molar-refractivity contribution is 0.0996. The van der Waals surface area contributed by atoms with Crippen molar-refractivity contribution in [1.29, 1.82) is 0 Å². The highest BCUT2D eigenvalue weighted by molar-refractivity contribution is 8.01. The molecule has 0 saturated carbocycles. The van der Waals surface area contributed by atoms with Crippen molar-refractivity contribution in [3.05, 3.63) is 5.69 Å². The van der Waals surface area contributed by atoms with Gasteiger partial charge in [0.1, 0.15) is 5.00 Å². The number of nitrogen functional groups attached to an aromatic ring is 1. The van der Waals surface area contributed by atoms with Gasteiger partial charge in [-0.15, -0.1) is 0 Å². The second-order valence-corrected chi connectivity index (χ2v) is 4.53. The molecule has 0 saturated heterocycles. The summed E-state index contributed by atoms with van der Waals surface area (Å²) < 4.78 is 0.795. The van der Waals surface area contributed by atoms with Crippen molar-refractivity contribution in [3.63, 3.8) is 0 Å². The molecular weight excluding hydrogens is 194 g/mol. The third-order valence-electron chi connectivity index (χ3n) is 1.13. The van der Waals surface area contributed by atoms with Crippen LogP contribution in [0.4, 0.5) is 5.00 Å². The molecule has 1 aromatic rings. The Kier molecular flexibility index (Phi) is 2.93. The molecule has 6 heteroatoms. The average molecular weight is 203 g/mol. The van der Waals surface area contributed by atoms with Gasteiger partial charge in [-0.3, -0.25) is 4.79 Å². The zero-order chi connectivity index (χ0) is 9.14. The maximum atomic E-state index is 10.7. The Morgan fingerprint density at radius 3 is 2.83 bits per heavy atom. The third kappa shape index (κ3) is 1.89. The first-order chi connectivity index (χ1) is 5.65. The molecule has 0 aromatic carbocycles. The van der Waals surface area contributed by atoms with E-state index in [0.29, 0.717) is 5.00 Å². The fourth-order valence-corrected chi connectivity index (χ4v) is 2.50. The molecule has 4 N–H and O–H groups in total. The summed E-state index contributed by atoms with van der Waals surface area (Å²) in [6, 6.07) is 0. The Hall–Kier alpha value is -0.750.